The highest BCUT2D eigenvalue weighted by Crippen LogP contribution is 2.27. The van der Waals surface area contributed by atoms with Crippen LogP contribution in [0.25, 0.3) is 0 Å². The Balaban J connectivity index is 1.43. The molecule has 154 valence electrons. The third-order valence-electron chi connectivity index (χ3n) is 5.19. The van der Waals surface area contributed by atoms with Crippen molar-refractivity contribution in [1.82, 2.24) is 14.9 Å². The summed E-state index contributed by atoms with van der Waals surface area (Å²) in [7, 11) is 0. The summed E-state index contributed by atoms with van der Waals surface area (Å²) in [5, 5.41) is 3.02. The van der Waals surface area contributed by atoms with Crippen LogP contribution in [0.3, 0.4) is 0 Å². The van der Waals surface area contributed by atoms with Gasteiger partial charge in [0.15, 0.2) is 0 Å². The lowest BCUT2D eigenvalue weighted by atomic mass is 9.94. The van der Waals surface area contributed by atoms with Crippen LogP contribution in [0.2, 0.25) is 0 Å². The quantitative estimate of drug-likeness (QED) is 0.678. The summed E-state index contributed by atoms with van der Waals surface area (Å²) in [6.07, 6.45) is 3.63. The maximum Gasteiger partial charge on any atom is 0.227 e. The molecule has 2 aromatic carbocycles. The van der Waals surface area contributed by atoms with Gasteiger partial charge in [0.2, 0.25) is 11.9 Å². The molecule has 4 rings (SSSR count). The maximum absolute atomic E-state index is 13.4. The summed E-state index contributed by atoms with van der Waals surface area (Å²) in [4.78, 5) is 23.3. The van der Waals surface area contributed by atoms with E-state index in [1.165, 1.54) is 24.3 Å². The highest BCUT2D eigenvalue weighted by molar-refractivity contribution is 5.79. The fraction of sp³-hybridized carbons (Fsp3) is 0.261. The number of halogens is 2. The highest BCUT2D eigenvalue weighted by Gasteiger charge is 2.26. The van der Waals surface area contributed by atoms with E-state index < -0.39 is 0 Å². The summed E-state index contributed by atoms with van der Waals surface area (Å²) < 4.78 is 26.8. The molecule has 3 aromatic rings. The van der Waals surface area contributed by atoms with Crippen LogP contribution in [0.5, 0.6) is 0 Å². The van der Waals surface area contributed by atoms with E-state index in [1.54, 1.807) is 30.5 Å². The molecule has 1 atom stereocenters. The number of likely N-dealkylation sites (tertiary alicyclic amines) is 1. The van der Waals surface area contributed by atoms with Crippen molar-refractivity contribution in [2.75, 3.05) is 18.4 Å². The number of hydrogen-bond donors (Lipinski definition) is 1. The van der Waals surface area contributed by atoms with Crippen LogP contribution in [0.4, 0.5) is 20.4 Å². The third-order valence-corrected chi connectivity index (χ3v) is 5.19. The van der Waals surface area contributed by atoms with Crippen molar-refractivity contribution in [3.8, 4) is 0 Å². The Morgan fingerprint density at radius 3 is 2.70 bits per heavy atom. The molecule has 1 fully saturated rings. The van der Waals surface area contributed by atoms with Gasteiger partial charge in [-0.3, -0.25) is 4.79 Å². The standard InChI is InChI=1S/C23H22F2N4O/c24-18-6-1-4-16(12-18)13-22(30)29-11-3-5-17(15-29)21-9-10-26-23(28-21)27-20-8-2-7-19(25)14-20/h1-2,4,6-10,12,14,17H,3,5,11,13,15H2,(H,26,27,28). The molecule has 2 heterocycles. The molecule has 1 aliphatic heterocycles. The molecule has 7 heteroatoms. The molecular weight excluding hydrogens is 386 g/mol. The summed E-state index contributed by atoms with van der Waals surface area (Å²) in [6, 6.07) is 14.1. The Hall–Kier alpha value is -3.35. The number of carbonyl (C=O) groups excluding carboxylic acids is 1. The van der Waals surface area contributed by atoms with Gasteiger partial charge in [-0.1, -0.05) is 18.2 Å². The zero-order chi connectivity index (χ0) is 20.9. The minimum Gasteiger partial charge on any atom is -0.342 e. The van der Waals surface area contributed by atoms with E-state index in [4.69, 9.17) is 0 Å². The fourth-order valence-electron chi connectivity index (χ4n) is 3.73. The van der Waals surface area contributed by atoms with Crippen LogP contribution in [0, 0.1) is 11.6 Å². The molecule has 30 heavy (non-hydrogen) atoms. The normalized spacial score (nSPS) is 16.3. The second-order valence-electron chi connectivity index (χ2n) is 7.43. The lowest BCUT2D eigenvalue weighted by molar-refractivity contribution is -0.131. The van der Waals surface area contributed by atoms with E-state index in [2.05, 4.69) is 15.3 Å². The number of hydrogen-bond acceptors (Lipinski definition) is 4. The van der Waals surface area contributed by atoms with E-state index >= 15 is 0 Å². The van der Waals surface area contributed by atoms with E-state index in [0.717, 1.165) is 18.5 Å². The van der Waals surface area contributed by atoms with Gasteiger partial charge in [-0.2, -0.15) is 0 Å². The van der Waals surface area contributed by atoms with Crippen molar-refractivity contribution >= 4 is 17.5 Å². The van der Waals surface area contributed by atoms with Gasteiger partial charge in [0.1, 0.15) is 11.6 Å². The zero-order valence-corrected chi connectivity index (χ0v) is 16.4. The molecule has 1 saturated heterocycles. The molecule has 0 spiro atoms. The van der Waals surface area contributed by atoms with Crippen LogP contribution >= 0.6 is 0 Å². The number of nitrogens with one attached hydrogen (secondary N) is 1. The van der Waals surface area contributed by atoms with Crippen molar-refractivity contribution in [3.63, 3.8) is 0 Å². The zero-order valence-electron chi connectivity index (χ0n) is 16.4. The van der Waals surface area contributed by atoms with Crippen LogP contribution in [0.1, 0.15) is 30.0 Å². The van der Waals surface area contributed by atoms with Crippen LogP contribution in [-0.2, 0) is 11.2 Å². The van der Waals surface area contributed by atoms with Gasteiger partial charge in [-0.15, -0.1) is 0 Å². The van der Waals surface area contributed by atoms with E-state index in [1.807, 2.05) is 11.0 Å². The lowest BCUT2D eigenvalue weighted by Gasteiger charge is -2.32. The molecule has 5 nitrogen and oxygen atoms in total. The predicted molar refractivity (Wildman–Crippen MR) is 110 cm³/mol. The first-order valence-electron chi connectivity index (χ1n) is 9.94. The van der Waals surface area contributed by atoms with Gasteiger partial charge in [0.05, 0.1) is 12.1 Å². The van der Waals surface area contributed by atoms with E-state index in [9.17, 15) is 13.6 Å². The average molecular weight is 408 g/mol. The number of benzene rings is 2. The Bertz CT molecular complexity index is 1040. The first-order valence-corrected chi connectivity index (χ1v) is 9.94. The largest absolute Gasteiger partial charge is 0.342 e. The molecule has 0 bridgehead atoms. The average Bonchev–Trinajstić information content (AvgIpc) is 2.74. The van der Waals surface area contributed by atoms with Crippen LogP contribution in [0.15, 0.2) is 60.8 Å². The van der Waals surface area contributed by atoms with Crippen molar-refractivity contribution in [2.24, 2.45) is 0 Å². The fourth-order valence-corrected chi connectivity index (χ4v) is 3.73. The summed E-state index contributed by atoms with van der Waals surface area (Å²) in [5.41, 5.74) is 2.08. The SMILES string of the molecule is O=C(Cc1cccc(F)c1)N1CCCC(c2ccnc(Nc3cccc(F)c3)n2)C1. The number of aromatic nitrogens is 2. The molecule has 1 aromatic heterocycles. The molecule has 0 aliphatic carbocycles. The van der Waals surface area contributed by atoms with Crippen molar-refractivity contribution in [1.29, 1.82) is 0 Å². The second-order valence-corrected chi connectivity index (χ2v) is 7.43. The number of nitrogens with zero attached hydrogens (tertiary/aromatic N) is 3. The summed E-state index contributed by atoms with van der Waals surface area (Å²) >= 11 is 0. The molecular formula is C23H22F2N4O. The van der Waals surface area contributed by atoms with Gasteiger partial charge in [0, 0.05) is 30.9 Å². The number of rotatable bonds is 5. The monoisotopic (exact) mass is 408 g/mol. The molecule has 1 N–H and O–H groups in total. The maximum atomic E-state index is 13.4. The minimum absolute atomic E-state index is 0.0162. The van der Waals surface area contributed by atoms with Gasteiger partial charge in [0.25, 0.3) is 0 Å². The minimum atomic E-state index is -0.337. The van der Waals surface area contributed by atoms with Gasteiger partial charge >= 0.3 is 0 Å². The molecule has 1 amide bonds. The van der Waals surface area contributed by atoms with Gasteiger partial charge in [-0.05, 0) is 54.8 Å². The van der Waals surface area contributed by atoms with Crippen molar-refractivity contribution < 1.29 is 13.6 Å². The van der Waals surface area contributed by atoms with Crippen LogP contribution < -0.4 is 5.32 Å². The predicted octanol–water partition coefficient (Wildman–Crippen LogP) is 4.45. The molecule has 1 aliphatic rings. The Morgan fingerprint density at radius 2 is 1.90 bits per heavy atom. The topological polar surface area (TPSA) is 58.1 Å². The molecule has 0 saturated carbocycles. The van der Waals surface area contributed by atoms with Crippen LogP contribution in [-0.4, -0.2) is 33.9 Å². The first kappa shape index (κ1) is 19.9. The van der Waals surface area contributed by atoms with Crippen molar-refractivity contribution in [3.05, 3.63) is 83.7 Å². The number of anilines is 2. The summed E-state index contributed by atoms with van der Waals surface area (Å²) in [6.45, 7) is 1.24. The highest BCUT2D eigenvalue weighted by atomic mass is 19.1. The first-order chi connectivity index (χ1) is 14.6. The smallest absolute Gasteiger partial charge is 0.227 e. The Morgan fingerprint density at radius 1 is 1.10 bits per heavy atom. The Kier molecular flexibility index (Phi) is 5.97. The number of piperidine rings is 1. The van der Waals surface area contributed by atoms with E-state index in [0.29, 0.717) is 30.3 Å². The lowest BCUT2D eigenvalue weighted by Crippen LogP contribution is -2.40. The molecule has 1 unspecified atom stereocenters. The summed E-state index contributed by atoms with van der Waals surface area (Å²) in [5.74, 6) is -0.211. The molecule has 0 radical (unpaired) electrons. The number of amides is 1. The second kappa shape index (κ2) is 8.98. The Labute approximate surface area is 173 Å². The van der Waals surface area contributed by atoms with E-state index in [-0.39, 0.29) is 29.9 Å². The van der Waals surface area contributed by atoms with Gasteiger partial charge < -0.3 is 10.2 Å². The van der Waals surface area contributed by atoms with Crippen molar-refractivity contribution in [2.45, 2.75) is 25.2 Å². The third kappa shape index (κ3) is 4.97. The van der Waals surface area contributed by atoms with Gasteiger partial charge in [-0.25, -0.2) is 18.7 Å². The number of carbonyl (C=O) groups is 1.